The fourth-order valence-corrected chi connectivity index (χ4v) is 3.69. The second-order valence-corrected chi connectivity index (χ2v) is 6.65. The van der Waals surface area contributed by atoms with E-state index >= 15 is 0 Å². The summed E-state index contributed by atoms with van der Waals surface area (Å²) >= 11 is 2.58. The summed E-state index contributed by atoms with van der Waals surface area (Å²) in [5.41, 5.74) is 0.999. The summed E-state index contributed by atoms with van der Waals surface area (Å²) in [7, 11) is 0. The third-order valence-electron chi connectivity index (χ3n) is 2.94. The van der Waals surface area contributed by atoms with Gasteiger partial charge in [0.25, 0.3) is 0 Å². The number of hydrogen-bond donors (Lipinski definition) is 1. The quantitative estimate of drug-likeness (QED) is 0.667. The second-order valence-electron chi connectivity index (χ2n) is 4.58. The molecule has 0 aliphatic rings. The average molecular weight is 330 g/mol. The van der Waals surface area contributed by atoms with Crippen LogP contribution in [-0.4, -0.2) is 17.4 Å². The van der Waals surface area contributed by atoms with Gasteiger partial charge in [0.05, 0.1) is 16.2 Å². The molecule has 0 radical (unpaired) electrons. The maximum absolute atomic E-state index is 12.0. The van der Waals surface area contributed by atoms with Crippen molar-refractivity contribution in [2.24, 2.45) is 0 Å². The standard InChI is InChI=1S/C16H14N2O2S2/c1-10-13(8-17)16(22-15(10)11(2)19)18-14(20)9-21-12-6-4-3-5-7-12/h3-7H,9H2,1-2H3,(H,18,20). The highest BCUT2D eigenvalue weighted by atomic mass is 32.2. The van der Waals surface area contributed by atoms with E-state index in [4.69, 9.17) is 0 Å². The Morgan fingerprint density at radius 3 is 2.59 bits per heavy atom. The molecule has 1 amide bonds. The Hall–Kier alpha value is -2.10. The highest BCUT2D eigenvalue weighted by Gasteiger charge is 2.19. The molecule has 0 saturated carbocycles. The largest absolute Gasteiger partial charge is 0.316 e. The lowest BCUT2D eigenvalue weighted by Gasteiger charge is -2.03. The first-order chi connectivity index (χ1) is 10.5. The van der Waals surface area contributed by atoms with Crippen molar-refractivity contribution < 1.29 is 9.59 Å². The molecular formula is C16H14N2O2S2. The van der Waals surface area contributed by atoms with E-state index in [0.29, 0.717) is 21.0 Å². The van der Waals surface area contributed by atoms with E-state index in [-0.39, 0.29) is 17.4 Å². The molecule has 4 nitrogen and oxygen atoms in total. The van der Waals surface area contributed by atoms with Gasteiger partial charge in [-0.15, -0.1) is 23.1 Å². The highest BCUT2D eigenvalue weighted by molar-refractivity contribution is 8.00. The van der Waals surface area contributed by atoms with Gasteiger partial charge in [0.15, 0.2) is 5.78 Å². The third kappa shape index (κ3) is 3.75. The van der Waals surface area contributed by atoms with Crippen LogP contribution in [-0.2, 0) is 4.79 Å². The van der Waals surface area contributed by atoms with Gasteiger partial charge in [-0.1, -0.05) is 18.2 Å². The van der Waals surface area contributed by atoms with Crippen LogP contribution in [0, 0.1) is 18.3 Å². The van der Waals surface area contributed by atoms with Crippen LogP contribution in [0.2, 0.25) is 0 Å². The number of nitrogens with one attached hydrogen (secondary N) is 1. The molecular weight excluding hydrogens is 316 g/mol. The number of thiophene rings is 1. The van der Waals surface area contributed by atoms with Crippen LogP contribution < -0.4 is 5.32 Å². The Kier molecular flexibility index (Phi) is 5.36. The fourth-order valence-electron chi connectivity index (χ4n) is 1.90. The summed E-state index contributed by atoms with van der Waals surface area (Å²) in [6.45, 7) is 3.18. The van der Waals surface area contributed by atoms with Gasteiger partial charge in [-0.3, -0.25) is 9.59 Å². The third-order valence-corrected chi connectivity index (χ3v) is 5.26. The minimum absolute atomic E-state index is 0.0989. The summed E-state index contributed by atoms with van der Waals surface area (Å²) < 4.78 is 0. The number of hydrogen-bond acceptors (Lipinski definition) is 5. The Morgan fingerprint density at radius 2 is 2.00 bits per heavy atom. The lowest BCUT2D eigenvalue weighted by molar-refractivity contribution is -0.113. The van der Waals surface area contributed by atoms with Crippen LogP contribution in [0.5, 0.6) is 0 Å². The number of Topliss-reactive ketones (excluding diaryl/α,β-unsaturated/α-hetero) is 1. The monoisotopic (exact) mass is 330 g/mol. The topological polar surface area (TPSA) is 70.0 Å². The number of nitriles is 1. The van der Waals surface area contributed by atoms with Crippen molar-refractivity contribution in [1.29, 1.82) is 5.26 Å². The lowest BCUT2D eigenvalue weighted by atomic mass is 10.1. The van der Waals surface area contributed by atoms with Gasteiger partial charge in [0, 0.05) is 4.90 Å². The zero-order valence-electron chi connectivity index (χ0n) is 12.2. The molecule has 0 aliphatic carbocycles. The van der Waals surface area contributed by atoms with E-state index in [9.17, 15) is 14.9 Å². The smallest absolute Gasteiger partial charge is 0.235 e. The van der Waals surface area contributed by atoms with Crippen LogP contribution >= 0.6 is 23.1 Å². The molecule has 0 atom stereocenters. The molecule has 0 aliphatic heterocycles. The van der Waals surface area contributed by atoms with Crippen molar-refractivity contribution in [3.05, 3.63) is 46.3 Å². The number of nitrogens with zero attached hydrogens (tertiary/aromatic N) is 1. The first-order valence-corrected chi connectivity index (χ1v) is 8.35. The molecule has 0 spiro atoms. The minimum Gasteiger partial charge on any atom is -0.316 e. The minimum atomic E-state index is -0.193. The Labute approximate surface area is 137 Å². The normalized spacial score (nSPS) is 10.0. The van der Waals surface area contributed by atoms with Crippen molar-refractivity contribution in [2.75, 3.05) is 11.1 Å². The van der Waals surface area contributed by atoms with Crippen molar-refractivity contribution in [1.82, 2.24) is 0 Å². The molecule has 1 N–H and O–H groups in total. The first-order valence-electron chi connectivity index (χ1n) is 6.55. The molecule has 2 rings (SSSR count). The maximum Gasteiger partial charge on any atom is 0.235 e. The van der Waals surface area contributed by atoms with E-state index in [1.165, 1.54) is 18.7 Å². The van der Waals surface area contributed by atoms with Gasteiger partial charge in [0.2, 0.25) is 5.91 Å². The molecule has 1 heterocycles. The van der Waals surface area contributed by atoms with E-state index in [0.717, 1.165) is 16.2 Å². The number of amides is 1. The lowest BCUT2D eigenvalue weighted by Crippen LogP contribution is -2.13. The van der Waals surface area contributed by atoms with Gasteiger partial charge in [0.1, 0.15) is 11.1 Å². The van der Waals surface area contributed by atoms with Crippen LogP contribution in [0.15, 0.2) is 35.2 Å². The molecule has 2 aromatic rings. The predicted molar refractivity (Wildman–Crippen MR) is 89.6 cm³/mol. The number of carbonyl (C=O) groups is 2. The molecule has 1 aromatic heterocycles. The number of carbonyl (C=O) groups excluding carboxylic acids is 2. The SMILES string of the molecule is CC(=O)c1sc(NC(=O)CSc2ccccc2)c(C#N)c1C. The number of benzene rings is 1. The number of thioether (sulfide) groups is 1. The summed E-state index contributed by atoms with van der Waals surface area (Å²) in [5.74, 6) is -0.0406. The summed E-state index contributed by atoms with van der Waals surface area (Å²) in [6, 6.07) is 11.7. The molecule has 0 saturated heterocycles. The number of rotatable bonds is 5. The van der Waals surface area contributed by atoms with Gasteiger partial charge < -0.3 is 5.32 Å². The Bertz CT molecular complexity index is 745. The number of anilines is 1. The number of ketones is 1. The maximum atomic E-state index is 12.0. The molecule has 1 aromatic carbocycles. The Balaban J connectivity index is 2.07. The molecule has 0 fully saturated rings. The summed E-state index contributed by atoms with van der Waals surface area (Å²) in [5, 5.41) is 12.4. The van der Waals surface area contributed by atoms with Crippen LogP contribution in [0.3, 0.4) is 0 Å². The van der Waals surface area contributed by atoms with E-state index < -0.39 is 0 Å². The molecule has 0 bridgehead atoms. The van der Waals surface area contributed by atoms with Crippen molar-refractivity contribution in [3.8, 4) is 6.07 Å². The Morgan fingerprint density at radius 1 is 1.32 bits per heavy atom. The van der Waals surface area contributed by atoms with Gasteiger partial charge in [-0.05, 0) is 31.5 Å². The fraction of sp³-hybridized carbons (Fsp3) is 0.188. The first kappa shape index (κ1) is 16.3. The van der Waals surface area contributed by atoms with Crippen LogP contribution in [0.1, 0.15) is 27.7 Å². The van der Waals surface area contributed by atoms with E-state index in [1.807, 2.05) is 30.3 Å². The van der Waals surface area contributed by atoms with Crippen LogP contribution in [0.25, 0.3) is 0 Å². The van der Waals surface area contributed by atoms with Crippen molar-refractivity contribution in [3.63, 3.8) is 0 Å². The van der Waals surface area contributed by atoms with Crippen LogP contribution in [0.4, 0.5) is 5.00 Å². The molecule has 0 unspecified atom stereocenters. The average Bonchev–Trinajstić information content (AvgIpc) is 2.82. The highest BCUT2D eigenvalue weighted by Crippen LogP contribution is 2.33. The van der Waals surface area contributed by atoms with Gasteiger partial charge >= 0.3 is 0 Å². The molecule has 6 heteroatoms. The second kappa shape index (κ2) is 7.25. The summed E-state index contributed by atoms with van der Waals surface area (Å²) in [4.78, 5) is 25.1. The van der Waals surface area contributed by atoms with Crippen molar-refractivity contribution in [2.45, 2.75) is 18.7 Å². The summed E-state index contributed by atoms with van der Waals surface area (Å²) in [6.07, 6.45) is 0. The van der Waals surface area contributed by atoms with Crippen molar-refractivity contribution >= 4 is 39.8 Å². The van der Waals surface area contributed by atoms with E-state index in [2.05, 4.69) is 11.4 Å². The van der Waals surface area contributed by atoms with Gasteiger partial charge in [-0.25, -0.2) is 0 Å². The zero-order valence-corrected chi connectivity index (χ0v) is 13.8. The zero-order chi connectivity index (χ0) is 16.1. The molecule has 112 valence electrons. The van der Waals surface area contributed by atoms with E-state index in [1.54, 1.807) is 6.92 Å². The molecule has 22 heavy (non-hydrogen) atoms. The predicted octanol–water partition coefficient (Wildman–Crippen LogP) is 3.86. The van der Waals surface area contributed by atoms with Gasteiger partial charge in [-0.2, -0.15) is 5.26 Å².